The molecule has 134 valence electrons. The van der Waals surface area contributed by atoms with Gasteiger partial charge >= 0.3 is 5.97 Å². The fourth-order valence-electron chi connectivity index (χ4n) is 1.85. The maximum Gasteiger partial charge on any atom is 0.331 e. The number of carbonyl (C=O) groups excluding carboxylic acids is 1. The van der Waals surface area contributed by atoms with E-state index in [4.69, 9.17) is 5.11 Å². The van der Waals surface area contributed by atoms with Gasteiger partial charge in [0.2, 0.25) is 5.91 Å². The third-order valence-corrected chi connectivity index (χ3v) is 3.99. The van der Waals surface area contributed by atoms with Crippen molar-refractivity contribution in [1.29, 1.82) is 0 Å². The molecule has 0 radical (unpaired) electrons. The third-order valence-electron chi connectivity index (χ3n) is 3.22. The third kappa shape index (κ3) is 13.4. The smallest absolute Gasteiger partial charge is 0.331 e. The van der Waals surface area contributed by atoms with Gasteiger partial charge in [-0.1, -0.05) is 6.42 Å². The van der Waals surface area contributed by atoms with Crippen LogP contribution in [-0.4, -0.2) is 52.4 Å². The van der Waals surface area contributed by atoms with Crippen LogP contribution in [0.2, 0.25) is 0 Å². The first-order valence-electron chi connectivity index (χ1n) is 7.76. The van der Waals surface area contributed by atoms with Crippen LogP contribution in [0.4, 0.5) is 0 Å². The van der Waals surface area contributed by atoms with E-state index < -0.39 is 18.1 Å². The molecule has 0 aromatic carbocycles. The Labute approximate surface area is 148 Å². The van der Waals surface area contributed by atoms with Crippen LogP contribution in [-0.2, 0) is 9.59 Å². The number of hydrogen-bond acceptors (Lipinski definition) is 6. The molecule has 0 aromatic heterocycles. The minimum absolute atomic E-state index is 0.0177. The van der Waals surface area contributed by atoms with Crippen molar-refractivity contribution >= 4 is 37.1 Å². The average molecular weight is 365 g/mol. The Kier molecular flexibility index (Phi) is 13.3. The van der Waals surface area contributed by atoms with E-state index in [-0.39, 0.29) is 5.57 Å². The first-order valence-corrected chi connectivity index (χ1v) is 8.91. The van der Waals surface area contributed by atoms with Gasteiger partial charge in [0, 0.05) is 30.0 Å². The summed E-state index contributed by atoms with van der Waals surface area (Å²) >= 11 is 8.62. The first-order chi connectivity index (χ1) is 10.9. The quantitative estimate of drug-likeness (QED) is 0.128. The predicted molar refractivity (Wildman–Crippen MR) is 98.1 cm³/mol. The number of carbonyl (C=O) groups is 2. The normalized spacial score (nSPS) is 14.3. The van der Waals surface area contributed by atoms with Crippen LogP contribution in [0.5, 0.6) is 0 Å². The zero-order chi connectivity index (χ0) is 17.7. The molecule has 0 fully saturated rings. The largest absolute Gasteiger partial charge is 0.478 e. The van der Waals surface area contributed by atoms with Gasteiger partial charge in [0.05, 0.1) is 0 Å². The molecule has 0 spiro atoms. The minimum atomic E-state index is -1.12. The van der Waals surface area contributed by atoms with Crippen molar-refractivity contribution in [3.63, 3.8) is 0 Å². The van der Waals surface area contributed by atoms with Gasteiger partial charge in [-0.3, -0.25) is 10.1 Å². The molecule has 0 aromatic rings. The lowest BCUT2D eigenvalue weighted by Crippen LogP contribution is -2.36. The maximum absolute atomic E-state index is 11.4. The summed E-state index contributed by atoms with van der Waals surface area (Å²) in [6.07, 6.45) is 5.00. The van der Waals surface area contributed by atoms with Crippen molar-refractivity contribution in [3.05, 3.63) is 11.6 Å². The molecule has 0 saturated carbocycles. The highest BCUT2D eigenvalue weighted by atomic mass is 32.1. The molecule has 0 aliphatic heterocycles. The van der Waals surface area contributed by atoms with Crippen molar-refractivity contribution in [2.45, 2.75) is 50.5 Å². The van der Waals surface area contributed by atoms with Gasteiger partial charge in [-0.05, 0) is 38.4 Å². The predicted octanol–water partition coefficient (Wildman–Crippen LogP) is 1.22. The van der Waals surface area contributed by atoms with Gasteiger partial charge in [-0.25, -0.2) is 4.79 Å². The van der Waals surface area contributed by atoms with E-state index in [1.165, 1.54) is 6.92 Å². The van der Waals surface area contributed by atoms with Crippen molar-refractivity contribution < 1.29 is 19.8 Å². The summed E-state index contributed by atoms with van der Waals surface area (Å²) in [5, 5.41) is 24.2. The Morgan fingerprint density at radius 3 is 2.43 bits per heavy atom. The fourth-order valence-corrected chi connectivity index (χ4v) is 2.67. The Balaban J connectivity index is 3.64. The number of thiol groups is 2. The van der Waals surface area contributed by atoms with Crippen LogP contribution in [0, 0.1) is 0 Å². The van der Waals surface area contributed by atoms with Gasteiger partial charge in [0.25, 0.3) is 0 Å². The molecule has 0 aliphatic carbocycles. The number of carboxylic acid groups (broad SMARTS) is 1. The summed E-state index contributed by atoms with van der Waals surface area (Å²) in [6, 6.07) is 0. The second-order valence-electron chi connectivity index (χ2n) is 5.34. The average Bonchev–Trinajstić information content (AvgIpc) is 2.48. The summed E-state index contributed by atoms with van der Waals surface area (Å²) in [4.78, 5) is 21.9. The summed E-state index contributed by atoms with van der Waals surface area (Å²) in [6.45, 7) is 2.09. The number of aliphatic hydroxyl groups excluding tert-OH is 1. The van der Waals surface area contributed by atoms with Crippen LogP contribution in [0.3, 0.4) is 0 Å². The Morgan fingerprint density at radius 1 is 1.17 bits per heavy atom. The highest BCUT2D eigenvalue weighted by molar-refractivity contribution is 7.81. The van der Waals surface area contributed by atoms with E-state index in [1.54, 1.807) is 0 Å². The van der Waals surface area contributed by atoms with Crippen molar-refractivity contribution in [3.8, 4) is 0 Å². The standard InChI is InChI=1S/C15H28N2O4S2/c1-11(15(20)21)10-14(19)17-8-7-16-13(18)5-3-2-4-12(23)6-9-22/h10,12-13,16,18,22-23H,2-9H2,1H3,(H,17,19)(H,20,21)/b11-10+. The van der Waals surface area contributed by atoms with Crippen LogP contribution in [0.15, 0.2) is 11.6 Å². The van der Waals surface area contributed by atoms with E-state index in [0.717, 1.165) is 37.5 Å². The lowest BCUT2D eigenvalue weighted by atomic mass is 10.1. The molecular formula is C15H28N2O4S2. The lowest BCUT2D eigenvalue weighted by Gasteiger charge is -2.14. The molecule has 4 N–H and O–H groups in total. The molecular weight excluding hydrogens is 336 g/mol. The number of hydrogen-bond donors (Lipinski definition) is 6. The summed E-state index contributed by atoms with van der Waals surface area (Å²) in [7, 11) is 0. The summed E-state index contributed by atoms with van der Waals surface area (Å²) < 4.78 is 0. The molecule has 1 amide bonds. The van der Waals surface area contributed by atoms with Gasteiger partial charge in [0.15, 0.2) is 0 Å². The van der Waals surface area contributed by atoms with Gasteiger partial charge < -0.3 is 15.5 Å². The Hall–Kier alpha value is -0.700. The maximum atomic E-state index is 11.4. The topological polar surface area (TPSA) is 98.7 Å². The molecule has 2 atom stereocenters. The first kappa shape index (κ1) is 22.3. The summed E-state index contributed by atoms with van der Waals surface area (Å²) in [5.41, 5.74) is -0.0177. The second-order valence-corrected chi connectivity index (χ2v) is 6.52. The molecule has 2 unspecified atom stereocenters. The number of nitrogens with one attached hydrogen (secondary N) is 2. The molecule has 0 aliphatic rings. The number of rotatable bonds is 13. The molecule has 0 rings (SSSR count). The molecule has 23 heavy (non-hydrogen) atoms. The Morgan fingerprint density at radius 2 is 1.83 bits per heavy atom. The number of amides is 1. The summed E-state index contributed by atoms with van der Waals surface area (Å²) in [5.74, 6) is -0.734. The highest BCUT2D eigenvalue weighted by Gasteiger charge is 2.06. The Bertz CT molecular complexity index is 392. The second kappa shape index (κ2) is 13.7. The number of aliphatic carboxylic acids is 1. The van der Waals surface area contributed by atoms with E-state index in [0.29, 0.717) is 24.8 Å². The molecule has 0 saturated heterocycles. The van der Waals surface area contributed by atoms with Crippen LogP contribution in [0.25, 0.3) is 0 Å². The van der Waals surface area contributed by atoms with Crippen LogP contribution < -0.4 is 10.6 Å². The number of carboxylic acids is 1. The molecule has 0 bridgehead atoms. The molecule has 8 heteroatoms. The van der Waals surface area contributed by atoms with E-state index in [1.807, 2.05) is 0 Å². The van der Waals surface area contributed by atoms with Gasteiger partial charge in [0.1, 0.15) is 6.23 Å². The van der Waals surface area contributed by atoms with E-state index in [2.05, 4.69) is 35.9 Å². The molecule has 6 nitrogen and oxygen atoms in total. The minimum Gasteiger partial charge on any atom is -0.478 e. The van der Waals surface area contributed by atoms with Crippen molar-refractivity contribution in [1.82, 2.24) is 10.6 Å². The van der Waals surface area contributed by atoms with Gasteiger partial charge in [-0.2, -0.15) is 25.3 Å². The fraction of sp³-hybridized carbons (Fsp3) is 0.733. The zero-order valence-electron chi connectivity index (χ0n) is 13.5. The number of aliphatic hydroxyl groups is 1. The van der Waals surface area contributed by atoms with Crippen LogP contribution >= 0.6 is 25.3 Å². The van der Waals surface area contributed by atoms with E-state index >= 15 is 0 Å². The highest BCUT2D eigenvalue weighted by Crippen LogP contribution is 2.13. The van der Waals surface area contributed by atoms with Gasteiger partial charge in [-0.15, -0.1) is 0 Å². The lowest BCUT2D eigenvalue weighted by molar-refractivity contribution is -0.133. The SMILES string of the molecule is C/C(=C\C(=O)NCCNC(O)CCCCC(S)CCS)C(=O)O. The monoisotopic (exact) mass is 364 g/mol. The van der Waals surface area contributed by atoms with Crippen molar-refractivity contribution in [2.24, 2.45) is 0 Å². The zero-order valence-corrected chi connectivity index (χ0v) is 15.3. The van der Waals surface area contributed by atoms with Crippen molar-refractivity contribution in [2.75, 3.05) is 18.8 Å². The molecule has 0 heterocycles. The van der Waals surface area contributed by atoms with Crippen LogP contribution in [0.1, 0.15) is 39.0 Å². The number of unbranched alkanes of at least 4 members (excludes halogenated alkanes) is 1. The van der Waals surface area contributed by atoms with E-state index in [9.17, 15) is 14.7 Å².